The summed E-state index contributed by atoms with van der Waals surface area (Å²) >= 11 is 6.00. The van der Waals surface area contributed by atoms with E-state index in [0.717, 1.165) is 38.3 Å². The summed E-state index contributed by atoms with van der Waals surface area (Å²) in [5.74, 6) is -0.984. The molecule has 0 aliphatic carbocycles. The molecule has 98 valence electrons. The summed E-state index contributed by atoms with van der Waals surface area (Å²) < 4.78 is 0. The lowest BCUT2D eigenvalue weighted by atomic mass is 10.2. The molecule has 1 saturated heterocycles. The van der Waals surface area contributed by atoms with Gasteiger partial charge in [-0.3, -0.25) is 0 Å². The van der Waals surface area contributed by atoms with Gasteiger partial charge in [0.1, 0.15) is 0 Å². The number of halogens is 1. The molecule has 1 aliphatic rings. The Bertz CT molecular complexity index is 451. The van der Waals surface area contributed by atoms with Gasteiger partial charge in [-0.05, 0) is 38.2 Å². The number of anilines is 1. The van der Waals surface area contributed by atoms with Crippen LogP contribution >= 0.6 is 11.6 Å². The van der Waals surface area contributed by atoms with Crippen molar-refractivity contribution in [3.05, 3.63) is 28.8 Å². The van der Waals surface area contributed by atoms with Crippen LogP contribution in [0.15, 0.2) is 18.2 Å². The highest BCUT2D eigenvalue weighted by Crippen LogP contribution is 2.24. The summed E-state index contributed by atoms with van der Waals surface area (Å²) in [5, 5.41) is 9.25. The molecule has 0 amide bonds. The van der Waals surface area contributed by atoms with E-state index in [4.69, 9.17) is 16.7 Å². The summed E-state index contributed by atoms with van der Waals surface area (Å²) in [7, 11) is 2.12. The predicted octanol–water partition coefficient (Wildman–Crippen LogP) is 2.18. The molecule has 18 heavy (non-hydrogen) atoms. The Morgan fingerprint density at radius 2 is 2.06 bits per heavy atom. The van der Waals surface area contributed by atoms with Crippen molar-refractivity contribution in [3.8, 4) is 0 Å². The summed E-state index contributed by atoms with van der Waals surface area (Å²) in [6, 6.07) is 5.16. The maximum absolute atomic E-state index is 10.9. The Morgan fingerprint density at radius 3 is 2.72 bits per heavy atom. The van der Waals surface area contributed by atoms with E-state index in [1.165, 1.54) is 0 Å². The van der Waals surface area contributed by atoms with Crippen molar-refractivity contribution in [2.45, 2.75) is 6.42 Å². The second-order valence-corrected chi connectivity index (χ2v) is 5.02. The first-order valence-electron chi connectivity index (χ1n) is 6.04. The highest BCUT2D eigenvalue weighted by molar-refractivity contribution is 6.33. The fourth-order valence-corrected chi connectivity index (χ4v) is 2.43. The Hall–Kier alpha value is -1.26. The van der Waals surface area contributed by atoms with Crippen molar-refractivity contribution in [2.24, 2.45) is 0 Å². The van der Waals surface area contributed by atoms with E-state index in [2.05, 4.69) is 16.8 Å². The van der Waals surface area contributed by atoms with Crippen LogP contribution in [0.4, 0.5) is 5.69 Å². The minimum absolute atomic E-state index is 0.160. The number of hydrogen-bond donors (Lipinski definition) is 1. The zero-order valence-corrected chi connectivity index (χ0v) is 11.2. The van der Waals surface area contributed by atoms with E-state index in [0.29, 0.717) is 5.02 Å². The lowest BCUT2D eigenvalue weighted by Crippen LogP contribution is -2.28. The summed E-state index contributed by atoms with van der Waals surface area (Å²) in [6.07, 6.45) is 1.11. The molecule has 0 spiro atoms. The van der Waals surface area contributed by atoms with Crippen LogP contribution in [0.2, 0.25) is 5.02 Å². The summed E-state index contributed by atoms with van der Waals surface area (Å²) in [5.41, 5.74) is 1.16. The number of carbonyl (C=O) groups is 1. The largest absolute Gasteiger partial charge is 0.478 e. The van der Waals surface area contributed by atoms with Crippen molar-refractivity contribution in [2.75, 3.05) is 38.1 Å². The quantitative estimate of drug-likeness (QED) is 0.893. The van der Waals surface area contributed by atoms with Gasteiger partial charge < -0.3 is 14.9 Å². The first-order valence-corrected chi connectivity index (χ1v) is 6.42. The van der Waals surface area contributed by atoms with Gasteiger partial charge in [0.15, 0.2) is 0 Å². The van der Waals surface area contributed by atoms with Gasteiger partial charge in [-0.15, -0.1) is 0 Å². The van der Waals surface area contributed by atoms with Crippen molar-refractivity contribution >= 4 is 23.3 Å². The molecule has 1 fully saturated rings. The van der Waals surface area contributed by atoms with Crippen LogP contribution in [0.25, 0.3) is 0 Å². The minimum Gasteiger partial charge on any atom is -0.478 e. The van der Waals surface area contributed by atoms with Gasteiger partial charge in [0, 0.05) is 25.3 Å². The molecule has 0 unspecified atom stereocenters. The van der Waals surface area contributed by atoms with Gasteiger partial charge in [-0.1, -0.05) is 11.6 Å². The molecule has 0 atom stereocenters. The van der Waals surface area contributed by atoms with E-state index in [1.54, 1.807) is 12.1 Å². The van der Waals surface area contributed by atoms with Gasteiger partial charge in [0.05, 0.1) is 10.6 Å². The van der Waals surface area contributed by atoms with Gasteiger partial charge in [-0.25, -0.2) is 4.79 Å². The third kappa shape index (κ3) is 2.94. The Balaban J connectivity index is 2.18. The molecule has 4 nitrogen and oxygen atoms in total. The zero-order valence-electron chi connectivity index (χ0n) is 10.4. The normalized spacial score (nSPS) is 17.6. The second kappa shape index (κ2) is 5.59. The van der Waals surface area contributed by atoms with E-state index in [-0.39, 0.29) is 5.56 Å². The van der Waals surface area contributed by atoms with Crippen molar-refractivity contribution in [3.63, 3.8) is 0 Å². The number of hydrogen-bond acceptors (Lipinski definition) is 3. The molecule has 1 aromatic rings. The van der Waals surface area contributed by atoms with E-state index in [9.17, 15) is 4.79 Å². The third-order valence-electron chi connectivity index (χ3n) is 3.27. The lowest BCUT2D eigenvalue weighted by molar-refractivity contribution is 0.0697. The van der Waals surface area contributed by atoms with Crippen LogP contribution in [-0.4, -0.2) is 49.2 Å². The Labute approximate surface area is 112 Å². The first-order chi connectivity index (χ1) is 8.58. The summed E-state index contributed by atoms with van der Waals surface area (Å²) in [6.45, 7) is 4.03. The van der Waals surface area contributed by atoms with Crippen LogP contribution in [-0.2, 0) is 0 Å². The third-order valence-corrected chi connectivity index (χ3v) is 3.58. The molecule has 0 radical (unpaired) electrons. The molecule has 1 aliphatic heterocycles. The molecular weight excluding hydrogens is 252 g/mol. The van der Waals surface area contributed by atoms with Crippen LogP contribution in [0.5, 0.6) is 0 Å². The van der Waals surface area contributed by atoms with Crippen molar-refractivity contribution in [1.82, 2.24) is 4.90 Å². The molecule has 2 rings (SSSR count). The molecule has 0 bridgehead atoms. The highest BCUT2D eigenvalue weighted by atomic mass is 35.5. The lowest BCUT2D eigenvalue weighted by Gasteiger charge is -2.23. The molecule has 1 aromatic carbocycles. The zero-order chi connectivity index (χ0) is 13.1. The molecule has 1 heterocycles. The fourth-order valence-electron chi connectivity index (χ4n) is 2.18. The van der Waals surface area contributed by atoms with Crippen LogP contribution < -0.4 is 4.90 Å². The highest BCUT2D eigenvalue weighted by Gasteiger charge is 2.15. The molecule has 0 aromatic heterocycles. The Kier molecular flexibility index (Phi) is 4.09. The number of carboxylic acid groups (broad SMARTS) is 1. The number of nitrogens with zero attached hydrogens (tertiary/aromatic N) is 2. The molecule has 0 saturated carbocycles. The number of carboxylic acids is 1. The van der Waals surface area contributed by atoms with Gasteiger partial charge in [0.2, 0.25) is 0 Å². The first kappa shape index (κ1) is 13.2. The predicted molar refractivity (Wildman–Crippen MR) is 72.7 cm³/mol. The van der Waals surface area contributed by atoms with E-state index < -0.39 is 5.97 Å². The fraction of sp³-hybridized carbons (Fsp3) is 0.462. The van der Waals surface area contributed by atoms with Crippen LogP contribution in [0.1, 0.15) is 16.8 Å². The second-order valence-electron chi connectivity index (χ2n) is 4.61. The van der Waals surface area contributed by atoms with Gasteiger partial charge in [-0.2, -0.15) is 0 Å². The van der Waals surface area contributed by atoms with E-state index >= 15 is 0 Å². The number of likely N-dealkylation sites (N-methyl/N-ethyl adjacent to an activating group) is 1. The molecular formula is C13H17ClN2O2. The van der Waals surface area contributed by atoms with Crippen LogP contribution in [0, 0.1) is 0 Å². The average molecular weight is 269 g/mol. The maximum atomic E-state index is 10.9. The smallest absolute Gasteiger partial charge is 0.337 e. The molecule has 5 heteroatoms. The Morgan fingerprint density at radius 1 is 1.28 bits per heavy atom. The SMILES string of the molecule is CN1CCCN(c2ccc(C(=O)O)c(Cl)c2)CC1. The average Bonchev–Trinajstić information content (AvgIpc) is 2.53. The number of benzene rings is 1. The number of aromatic carboxylic acids is 1. The van der Waals surface area contributed by atoms with Gasteiger partial charge in [0.25, 0.3) is 0 Å². The van der Waals surface area contributed by atoms with Crippen molar-refractivity contribution < 1.29 is 9.90 Å². The maximum Gasteiger partial charge on any atom is 0.337 e. The monoisotopic (exact) mass is 268 g/mol. The van der Waals surface area contributed by atoms with Crippen LogP contribution in [0.3, 0.4) is 0 Å². The van der Waals surface area contributed by atoms with Crippen molar-refractivity contribution in [1.29, 1.82) is 0 Å². The van der Waals surface area contributed by atoms with Gasteiger partial charge >= 0.3 is 5.97 Å². The summed E-state index contributed by atoms with van der Waals surface area (Å²) in [4.78, 5) is 15.5. The topological polar surface area (TPSA) is 43.8 Å². The minimum atomic E-state index is -0.984. The molecule has 1 N–H and O–H groups in total. The number of rotatable bonds is 2. The standard InChI is InChI=1S/C13H17ClN2O2/c1-15-5-2-6-16(8-7-15)10-3-4-11(13(17)18)12(14)9-10/h3-4,9H,2,5-8H2,1H3,(H,17,18). The van der Waals surface area contributed by atoms with E-state index in [1.807, 2.05) is 6.07 Å².